The van der Waals surface area contributed by atoms with Crippen molar-refractivity contribution < 1.29 is 14.6 Å². The van der Waals surface area contributed by atoms with Gasteiger partial charge in [-0.1, -0.05) is 0 Å². The zero-order valence-electron chi connectivity index (χ0n) is 6.37. The molecule has 1 atom stereocenters. The Morgan fingerprint density at radius 3 is 2.73 bits per heavy atom. The fourth-order valence-electron chi connectivity index (χ4n) is 0.665. The fraction of sp³-hybridized carbons (Fsp3) is 0.714. The van der Waals surface area contributed by atoms with Crippen molar-refractivity contribution in [3.8, 4) is 6.07 Å². The summed E-state index contributed by atoms with van der Waals surface area (Å²) in [6.45, 7) is -0.255. The third kappa shape index (κ3) is 3.58. The monoisotopic (exact) mass is 156 g/mol. The van der Waals surface area contributed by atoms with E-state index >= 15 is 0 Å². The summed E-state index contributed by atoms with van der Waals surface area (Å²) >= 11 is 0. The number of rotatable bonds is 4. The number of ether oxygens (including phenoxy) is 1. The molecule has 0 bridgehead atoms. The van der Waals surface area contributed by atoms with Crippen molar-refractivity contribution in [2.45, 2.75) is 12.8 Å². The quantitative estimate of drug-likeness (QED) is 0.557. The van der Waals surface area contributed by atoms with Crippen molar-refractivity contribution in [1.82, 2.24) is 0 Å². The minimum Gasteiger partial charge on any atom is -0.468 e. The lowest BCUT2D eigenvalue weighted by atomic mass is 10.1. The van der Waals surface area contributed by atoms with E-state index in [0.717, 1.165) is 0 Å². The summed E-state index contributed by atoms with van der Waals surface area (Å²) in [7, 11) is 1.23. The van der Waals surface area contributed by atoms with E-state index in [-0.39, 0.29) is 6.61 Å². The van der Waals surface area contributed by atoms with Gasteiger partial charge in [0.05, 0.1) is 19.8 Å². The average Bonchev–Trinajstić information content (AvgIpc) is 2.05. The zero-order valence-corrected chi connectivity index (χ0v) is 6.37. The second-order valence-corrected chi connectivity index (χ2v) is 2.05. The molecule has 0 aromatic carbocycles. The fourth-order valence-corrected chi connectivity index (χ4v) is 0.665. The highest BCUT2D eigenvalue weighted by Gasteiger charge is 2.17. The summed E-state index contributed by atoms with van der Waals surface area (Å²) < 4.78 is 4.34. The molecule has 0 fully saturated rings. The maximum absolute atomic E-state index is 10.7. The van der Waals surface area contributed by atoms with Crippen LogP contribution in [-0.4, -0.2) is 19.7 Å². The molecule has 4 nitrogen and oxygen atoms in total. The first kappa shape index (κ1) is 9.92. The van der Waals surface area contributed by atoms with Gasteiger partial charge in [0, 0.05) is 0 Å². The smallest absolute Gasteiger partial charge is 0.323 e. The van der Waals surface area contributed by atoms with Gasteiger partial charge >= 0.3 is 5.97 Å². The van der Waals surface area contributed by atoms with Crippen molar-refractivity contribution in [2.75, 3.05) is 13.7 Å². The summed E-state index contributed by atoms with van der Waals surface area (Å²) in [6.07, 6.45) is 0.639. The molecule has 0 aromatic rings. The molecule has 0 saturated carbocycles. The highest BCUT2D eigenvalue weighted by molar-refractivity contribution is 5.74. The first-order valence-corrected chi connectivity index (χ1v) is 3.31. The van der Waals surface area contributed by atoms with Crippen LogP contribution in [0.5, 0.6) is 0 Å². The third-order valence-corrected chi connectivity index (χ3v) is 1.28. The lowest BCUT2D eigenvalue weighted by Gasteiger charge is -2.03. The number of carbonyl (C=O) groups excluding carboxylic acids is 1. The lowest BCUT2D eigenvalue weighted by Crippen LogP contribution is -2.14. The molecule has 11 heavy (non-hydrogen) atoms. The van der Waals surface area contributed by atoms with Gasteiger partial charge in [0.2, 0.25) is 0 Å². The first-order chi connectivity index (χ1) is 5.26. The van der Waals surface area contributed by atoms with E-state index in [1.54, 1.807) is 6.07 Å². The van der Waals surface area contributed by atoms with Crippen LogP contribution in [0, 0.1) is 17.2 Å². The molecule has 1 radical (unpaired) electrons. The van der Waals surface area contributed by atoms with E-state index in [0.29, 0.717) is 12.8 Å². The maximum Gasteiger partial charge on any atom is 0.323 e. The molecule has 0 aromatic heterocycles. The van der Waals surface area contributed by atoms with Crippen LogP contribution in [0.25, 0.3) is 0 Å². The number of hydrogen-bond donors (Lipinski definition) is 0. The van der Waals surface area contributed by atoms with Gasteiger partial charge in [-0.25, -0.2) is 5.11 Å². The highest BCUT2D eigenvalue weighted by atomic mass is 16.5. The predicted molar refractivity (Wildman–Crippen MR) is 35.9 cm³/mol. The van der Waals surface area contributed by atoms with Gasteiger partial charge < -0.3 is 4.74 Å². The van der Waals surface area contributed by atoms with E-state index in [1.807, 2.05) is 0 Å². The minimum atomic E-state index is -0.769. The zero-order chi connectivity index (χ0) is 8.69. The lowest BCUT2D eigenvalue weighted by molar-refractivity contribution is -0.143. The summed E-state index contributed by atoms with van der Waals surface area (Å²) in [5.74, 6) is -1.32. The van der Waals surface area contributed by atoms with Crippen LogP contribution in [-0.2, 0) is 14.6 Å². The molecule has 0 saturated heterocycles. The van der Waals surface area contributed by atoms with E-state index in [1.165, 1.54) is 7.11 Å². The second-order valence-electron chi connectivity index (χ2n) is 2.05. The van der Waals surface area contributed by atoms with Crippen molar-refractivity contribution in [1.29, 1.82) is 5.26 Å². The van der Waals surface area contributed by atoms with Crippen LogP contribution in [0.15, 0.2) is 0 Å². The van der Waals surface area contributed by atoms with E-state index in [9.17, 15) is 9.90 Å². The first-order valence-electron chi connectivity index (χ1n) is 3.31. The minimum absolute atomic E-state index is 0.255. The number of carbonyl (C=O) groups is 1. The molecule has 1 unspecified atom stereocenters. The summed E-state index contributed by atoms with van der Waals surface area (Å²) in [5, 5.41) is 18.4. The van der Waals surface area contributed by atoms with Crippen molar-refractivity contribution in [3.63, 3.8) is 0 Å². The Morgan fingerprint density at radius 2 is 2.36 bits per heavy atom. The molecule has 0 aliphatic rings. The van der Waals surface area contributed by atoms with Crippen LogP contribution < -0.4 is 0 Å². The molecule has 0 heterocycles. The molecule has 61 valence electrons. The van der Waals surface area contributed by atoms with Gasteiger partial charge in [-0.3, -0.25) is 4.79 Å². The molecule has 0 aliphatic carbocycles. The number of nitrogens with zero attached hydrogens (tertiary/aromatic N) is 1. The molecule has 0 aliphatic heterocycles. The van der Waals surface area contributed by atoms with E-state index in [4.69, 9.17) is 5.26 Å². The largest absolute Gasteiger partial charge is 0.468 e. The van der Waals surface area contributed by atoms with E-state index < -0.39 is 11.9 Å². The van der Waals surface area contributed by atoms with Gasteiger partial charge in [0.1, 0.15) is 5.92 Å². The Labute approximate surface area is 65.4 Å². The van der Waals surface area contributed by atoms with Gasteiger partial charge in [-0.2, -0.15) is 5.26 Å². The Bertz CT molecular complexity index is 162. The molecular formula is C7H10NO3. The summed E-state index contributed by atoms with van der Waals surface area (Å²) in [5.41, 5.74) is 0. The Morgan fingerprint density at radius 1 is 1.73 bits per heavy atom. The van der Waals surface area contributed by atoms with Crippen LogP contribution >= 0.6 is 0 Å². The van der Waals surface area contributed by atoms with Crippen molar-refractivity contribution >= 4 is 5.97 Å². The van der Waals surface area contributed by atoms with Gasteiger partial charge in [0.25, 0.3) is 0 Å². The third-order valence-electron chi connectivity index (χ3n) is 1.28. The summed E-state index contributed by atoms with van der Waals surface area (Å²) in [4.78, 5) is 10.7. The van der Waals surface area contributed by atoms with Gasteiger partial charge in [-0.15, -0.1) is 0 Å². The van der Waals surface area contributed by atoms with Crippen LogP contribution in [0.1, 0.15) is 12.8 Å². The number of hydrogen-bond acceptors (Lipinski definition) is 3. The maximum atomic E-state index is 10.7. The number of nitriles is 1. The predicted octanol–water partition coefficient (Wildman–Crippen LogP) is 0.510. The van der Waals surface area contributed by atoms with Crippen LogP contribution in [0.4, 0.5) is 0 Å². The Kier molecular flexibility index (Phi) is 5.13. The standard InChI is InChI=1S/C7H10NO3/c1-11-7(10)6(5-8)3-2-4-9/h6H,2-4H2,1H3. The molecule has 0 N–H and O–H groups in total. The second kappa shape index (κ2) is 5.69. The Balaban J connectivity index is 3.78. The average molecular weight is 156 g/mol. The van der Waals surface area contributed by atoms with Crippen molar-refractivity contribution in [3.05, 3.63) is 0 Å². The van der Waals surface area contributed by atoms with E-state index in [2.05, 4.69) is 4.74 Å². The molecule has 0 amide bonds. The molecular weight excluding hydrogens is 146 g/mol. The number of methoxy groups -OCH3 is 1. The normalized spacial score (nSPS) is 11.7. The van der Waals surface area contributed by atoms with Crippen LogP contribution in [0.2, 0.25) is 0 Å². The summed E-state index contributed by atoms with van der Waals surface area (Å²) in [6, 6.07) is 1.77. The van der Waals surface area contributed by atoms with Gasteiger partial charge in [-0.05, 0) is 12.8 Å². The number of esters is 1. The molecule has 4 heteroatoms. The highest BCUT2D eigenvalue weighted by Crippen LogP contribution is 2.06. The topological polar surface area (TPSA) is 70.0 Å². The SMILES string of the molecule is COC(=O)C(C#N)CCC[O]. The van der Waals surface area contributed by atoms with Gasteiger partial charge in [0.15, 0.2) is 0 Å². The van der Waals surface area contributed by atoms with Crippen molar-refractivity contribution in [2.24, 2.45) is 5.92 Å². The molecule has 0 rings (SSSR count). The Hall–Kier alpha value is -1.08. The van der Waals surface area contributed by atoms with Crippen LogP contribution in [0.3, 0.4) is 0 Å². The molecule has 0 spiro atoms.